The first-order valence-electron chi connectivity index (χ1n) is 8.27. The molecule has 3 rings (SSSR count). The molecule has 2 aliphatic heterocycles. The van der Waals surface area contributed by atoms with Gasteiger partial charge in [0.1, 0.15) is 12.7 Å². The van der Waals surface area contributed by atoms with E-state index in [-0.39, 0.29) is 31.5 Å². The summed E-state index contributed by atoms with van der Waals surface area (Å²) in [6.45, 7) is 0.928. The summed E-state index contributed by atoms with van der Waals surface area (Å²) in [6.07, 6.45) is 1.22. The van der Waals surface area contributed by atoms with Crippen LogP contribution in [0.15, 0.2) is 18.2 Å². The van der Waals surface area contributed by atoms with Crippen molar-refractivity contribution in [2.45, 2.75) is 31.4 Å². The first-order valence-corrected chi connectivity index (χ1v) is 8.27. The standard InChI is InChI=1S/C17H22N2O6/c18-16(20)9-23-15-8-22-6-5-12(15)19-17(21)4-2-11-1-3-13-14(7-11)25-10-24-13/h1,3,7,12,15H,2,4-6,8-10H2,(H2,18,20)(H,19,21)/t12-,15-/m1/s1. The normalized spacial score (nSPS) is 21.8. The molecule has 0 spiro atoms. The fourth-order valence-electron chi connectivity index (χ4n) is 2.86. The van der Waals surface area contributed by atoms with Crippen LogP contribution in [-0.2, 0) is 25.5 Å². The molecule has 2 amide bonds. The quantitative estimate of drug-likeness (QED) is 0.723. The summed E-state index contributed by atoms with van der Waals surface area (Å²) in [4.78, 5) is 23.1. The Bertz CT molecular complexity index is 636. The van der Waals surface area contributed by atoms with Crippen molar-refractivity contribution in [2.75, 3.05) is 26.6 Å². The molecule has 1 fully saturated rings. The molecule has 8 heteroatoms. The zero-order valence-corrected chi connectivity index (χ0v) is 13.9. The molecule has 0 saturated carbocycles. The van der Waals surface area contributed by atoms with Crippen LogP contribution in [0.4, 0.5) is 0 Å². The number of carbonyl (C=O) groups is 2. The molecule has 0 radical (unpaired) electrons. The third kappa shape index (κ3) is 4.83. The van der Waals surface area contributed by atoms with E-state index in [2.05, 4.69) is 5.32 Å². The number of nitrogens with one attached hydrogen (secondary N) is 1. The lowest BCUT2D eigenvalue weighted by Crippen LogP contribution is -2.50. The molecule has 1 aromatic rings. The van der Waals surface area contributed by atoms with Gasteiger partial charge in [-0.05, 0) is 30.5 Å². The lowest BCUT2D eigenvalue weighted by molar-refractivity contribution is -0.132. The molecule has 1 saturated heterocycles. The molecule has 0 bridgehead atoms. The Morgan fingerprint density at radius 1 is 1.28 bits per heavy atom. The monoisotopic (exact) mass is 350 g/mol. The van der Waals surface area contributed by atoms with Gasteiger partial charge in [-0.2, -0.15) is 0 Å². The van der Waals surface area contributed by atoms with E-state index >= 15 is 0 Å². The lowest BCUT2D eigenvalue weighted by Gasteiger charge is -2.31. The molecule has 8 nitrogen and oxygen atoms in total. The number of hydrogen-bond acceptors (Lipinski definition) is 6. The molecule has 0 aliphatic carbocycles. The zero-order valence-electron chi connectivity index (χ0n) is 13.9. The Morgan fingerprint density at radius 2 is 2.12 bits per heavy atom. The topological polar surface area (TPSA) is 109 Å². The molecule has 0 unspecified atom stereocenters. The Labute approximate surface area is 145 Å². The van der Waals surface area contributed by atoms with Crippen molar-refractivity contribution in [2.24, 2.45) is 5.73 Å². The Balaban J connectivity index is 1.48. The maximum absolute atomic E-state index is 12.2. The number of nitrogens with two attached hydrogens (primary N) is 1. The van der Waals surface area contributed by atoms with Crippen LogP contribution in [0.5, 0.6) is 11.5 Å². The van der Waals surface area contributed by atoms with Crippen molar-refractivity contribution in [1.82, 2.24) is 5.32 Å². The minimum atomic E-state index is -0.543. The van der Waals surface area contributed by atoms with E-state index in [9.17, 15) is 9.59 Å². The van der Waals surface area contributed by atoms with E-state index in [1.807, 2.05) is 18.2 Å². The summed E-state index contributed by atoms with van der Waals surface area (Å²) in [5.41, 5.74) is 6.10. The summed E-state index contributed by atoms with van der Waals surface area (Å²) in [6, 6.07) is 5.48. The molecule has 136 valence electrons. The van der Waals surface area contributed by atoms with Gasteiger partial charge < -0.3 is 30.0 Å². The Kier molecular flexibility index (Phi) is 5.72. The molecule has 2 heterocycles. The summed E-state index contributed by atoms with van der Waals surface area (Å²) < 4.78 is 21.4. The van der Waals surface area contributed by atoms with Gasteiger partial charge in [0.15, 0.2) is 11.5 Å². The van der Waals surface area contributed by atoms with Gasteiger partial charge in [-0.3, -0.25) is 9.59 Å². The minimum Gasteiger partial charge on any atom is -0.454 e. The number of fused-ring (bicyclic) bond motifs is 1. The zero-order chi connectivity index (χ0) is 17.6. The highest BCUT2D eigenvalue weighted by Gasteiger charge is 2.28. The minimum absolute atomic E-state index is 0.0720. The van der Waals surface area contributed by atoms with Gasteiger partial charge in [-0.1, -0.05) is 6.07 Å². The predicted molar refractivity (Wildman–Crippen MR) is 87.2 cm³/mol. The average molecular weight is 350 g/mol. The van der Waals surface area contributed by atoms with Crippen LogP contribution < -0.4 is 20.5 Å². The number of ether oxygens (including phenoxy) is 4. The van der Waals surface area contributed by atoms with Crippen LogP contribution in [0.2, 0.25) is 0 Å². The number of carbonyl (C=O) groups excluding carboxylic acids is 2. The van der Waals surface area contributed by atoms with Crippen LogP contribution in [0.25, 0.3) is 0 Å². The van der Waals surface area contributed by atoms with Crippen LogP contribution in [0, 0.1) is 0 Å². The summed E-state index contributed by atoms with van der Waals surface area (Å²) in [5.74, 6) is 0.822. The second kappa shape index (κ2) is 8.17. The van der Waals surface area contributed by atoms with Crippen LogP contribution in [-0.4, -0.2) is 50.6 Å². The molecule has 2 atom stereocenters. The molecule has 0 aromatic heterocycles. The van der Waals surface area contributed by atoms with E-state index in [4.69, 9.17) is 24.7 Å². The first kappa shape index (κ1) is 17.5. The third-order valence-electron chi connectivity index (χ3n) is 4.17. The van der Waals surface area contributed by atoms with Crippen molar-refractivity contribution >= 4 is 11.8 Å². The van der Waals surface area contributed by atoms with Crippen molar-refractivity contribution in [3.8, 4) is 11.5 Å². The fraction of sp³-hybridized carbons (Fsp3) is 0.529. The second-order valence-electron chi connectivity index (χ2n) is 6.04. The van der Waals surface area contributed by atoms with E-state index in [0.29, 0.717) is 38.2 Å². The van der Waals surface area contributed by atoms with Crippen molar-refractivity contribution in [3.63, 3.8) is 0 Å². The highest BCUT2D eigenvalue weighted by Crippen LogP contribution is 2.32. The Morgan fingerprint density at radius 3 is 2.96 bits per heavy atom. The molecular formula is C17H22N2O6. The highest BCUT2D eigenvalue weighted by molar-refractivity contribution is 5.76. The number of primary amides is 1. The third-order valence-corrected chi connectivity index (χ3v) is 4.17. The van der Waals surface area contributed by atoms with Crippen LogP contribution in [0.1, 0.15) is 18.4 Å². The number of hydrogen-bond donors (Lipinski definition) is 2. The van der Waals surface area contributed by atoms with Crippen LogP contribution >= 0.6 is 0 Å². The van der Waals surface area contributed by atoms with Crippen molar-refractivity contribution in [1.29, 1.82) is 0 Å². The number of benzene rings is 1. The van der Waals surface area contributed by atoms with Gasteiger partial charge in [0.2, 0.25) is 18.6 Å². The second-order valence-corrected chi connectivity index (χ2v) is 6.04. The average Bonchev–Trinajstić information content (AvgIpc) is 3.07. The number of rotatable bonds is 7. The maximum atomic E-state index is 12.2. The van der Waals surface area contributed by atoms with Gasteiger partial charge in [0.25, 0.3) is 0 Å². The fourth-order valence-corrected chi connectivity index (χ4v) is 2.86. The van der Waals surface area contributed by atoms with Gasteiger partial charge in [-0.15, -0.1) is 0 Å². The summed E-state index contributed by atoms with van der Waals surface area (Å²) in [5, 5.41) is 2.96. The summed E-state index contributed by atoms with van der Waals surface area (Å²) >= 11 is 0. The number of aryl methyl sites for hydroxylation is 1. The predicted octanol–water partition coefficient (Wildman–Crippen LogP) is 0.123. The van der Waals surface area contributed by atoms with Gasteiger partial charge in [-0.25, -0.2) is 0 Å². The van der Waals surface area contributed by atoms with E-state index < -0.39 is 5.91 Å². The van der Waals surface area contributed by atoms with Gasteiger partial charge in [0, 0.05) is 13.0 Å². The Hall–Kier alpha value is -2.32. The van der Waals surface area contributed by atoms with Crippen molar-refractivity contribution in [3.05, 3.63) is 23.8 Å². The molecule has 25 heavy (non-hydrogen) atoms. The van der Waals surface area contributed by atoms with Crippen molar-refractivity contribution < 1.29 is 28.5 Å². The SMILES string of the molecule is NC(=O)CO[C@@H]1COCC[C@H]1NC(=O)CCc1ccc2c(c1)OCO2. The smallest absolute Gasteiger partial charge is 0.243 e. The first-order chi connectivity index (χ1) is 12.1. The van der Waals surface area contributed by atoms with Crippen LogP contribution in [0.3, 0.4) is 0 Å². The maximum Gasteiger partial charge on any atom is 0.243 e. The molecule has 1 aromatic carbocycles. The number of amides is 2. The van der Waals surface area contributed by atoms with E-state index in [1.54, 1.807) is 0 Å². The van der Waals surface area contributed by atoms with Gasteiger partial charge in [0.05, 0.1) is 12.6 Å². The van der Waals surface area contributed by atoms with Gasteiger partial charge >= 0.3 is 0 Å². The summed E-state index contributed by atoms with van der Waals surface area (Å²) in [7, 11) is 0. The van der Waals surface area contributed by atoms with E-state index in [0.717, 1.165) is 11.3 Å². The molecular weight excluding hydrogens is 328 g/mol. The lowest BCUT2D eigenvalue weighted by atomic mass is 10.0. The highest BCUT2D eigenvalue weighted by atomic mass is 16.7. The largest absolute Gasteiger partial charge is 0.454 e. The molecule has 2 aliphatic rings. The molecule has 3 N–H and O–H groups in total. The van der Waals surface area contributed by atoms with E-state index in [1.165, 1.54) is 0 Å².